The van der Waals surface area contributed by atoms with Crippen molar-refractivity contribution in [3.63, 3.8) is 0 Å². The number of anilines is 1. The predicted molar refractivity (Wildman–Crippen MR) is 123 cm³/mol. The van der Waals surface area contributed by atoms with Crippen LogP contribution in [0, 0.1) is 0 Å². The van der Waals surface area contributed by atoms with Crippen LogP contribution in [0.15, 0.2) is 59.5 Å². The Labute approximate surface area is 196 Å². The molecule has 0 unspecified atom stereocenters. The minimum Gasteiger partial charge on any atom is -0.369 e. The molecule has 0 radical (unpaired) electrons. The predicted octanol–water partition coefficient (Wildman–Crippen LogP) is 4.15. The van der Waals surface area contributed by atoms with Crippen molar-refractivity contribution in [3.05, 3.63) is 60.2 Å². The number of halogens is 3. The molecule has 0 N–H and O–H groups in total. The number of benzene rings is 2. The summed E-state index contributed by atoms with van der Waals surface area (Å²) < 4.78 is 65.1. The van der Waals surface area contributed by atoms with Crippen LogP contribution in [0.3, 0.4) is 0 Å². The van der Waals surface area contributed by atoms with E-state index in [1.807, 2.05) is 47.4 Å². The number of thioether (sulfide) groups is 1. The van der Waals surface area contributed by atoms with Gasteiger partial charge in [-0.2, -0.15) is 25.9 Å². The molecule has 1 aliphatic heterocycles. The third-order valence-electron chi connectivity index (χ3n) is 5.19. The van der Waals surface area contributed by atoms with Gasteiger partial charge < -0.3 is 4.90 Å². The lowest BCUT2D eigenvalue weighted by Crippen LogP contribution is -2.56. The second-order valence-electron chi connectivity index (χ2n) is 7.54. The van der Waals surface area contributed by atoms with Gasteiger partial charge in [0.15, 0.2) is 0 Å². The van der Waals surface area contributed by atoms with Crippen LogP contribution in [-0.2, 0) is 20.8 Å². The van der Waals surface area contributed by atoms with Crippen LogP contribution in [-0.4, -0.2) is 61.8 Å². The van der Waals surface area contributed by atoms with E-state index >= 15 is 0 Å². The number of piperazine rings is 1. The average Bonchev–Trinajstić information content (AvgIpc) is 2.81. The lowest BCUT2D eigenvalue weighted by Gasteiger charge is -2.37. The van der Waals surface area contributed by atoms with Crippen molar-refractivity contribution in [2.45, 2.75) is 30.2 Å². The van der Waals surface area contributed by atoms with Crippen LogP contribution in [0.4, 0.5) is 18.9 Å². The molecule has 0 spiro atoms. The lowest BCUT2D eigenvalue weighted by molar-refractivity contribution is -0.180. The van der Waals surface area contributed by atoms with Crippen molar-refractivity contribution >= 4 is 33.6 Å². The maximum atomic E-state index is 12.9. The van der Waals surface area contributed by atoms with E-state index in [1.54, 1.807) is 11.8 Å². The fourth-order valence-electron chi connectivity index (χ4n) is 3.48. The van der Waals surface area contributed by atoms with Gasteiger partial charge >= 0.3 is 22.3 Å². The first kappa shape index (κ1) is 25.4. The largest absolute Gasteiger partial charge is 0.472 e. The van der Waals surface area contributed by atoms with Crippen LogP contribution >= 0.6 is 11.8 Å². The molecule has 33 heavy (non-hydrogen) atoms. The first-order valence-electron chi connectivity index (χ1n) is 10.5. The summed E-state index contributed by atoms with van der Waals surface area (Å²) in [6, 6.07) is 18.0. The van der Waals surface area contributed by atoms with Crippen LogP contribution in [0.25, 0.3) is 0 Å². The molecule has 0 bridgehead atoms. The molecule has 6 nitrogen and oxygen atoms in total. The molecule has 0 aliphatic carbocycles. The fraction of sp³-hybridized carbons (Fsp3) is 0.409. The highest BCUT2D eigenvalue weighted by Gasteiger charge is 2.48. The standard InChI is InChI=1S/C22H26F3N3O3S2/c1-2-12-28(21(29)22(23,24)25)33(30,31)27-15-13-26(14-16-27)19-8-10-20(11-9-19)32-17-18-6-4-3-5-7-18/h3-11H,2,12-17H2,1H3. The zero-order valence-electron chi connectivity index (χ0n) is 18.2. The van der Waals surface area contributed by atoms with Crippen molar-refractivity contribution in [1.82, 2.24) is 8.61 Å². The minimum atomic E-state index is -5.25. The molecule has 0 saturated carbocycles. The van der Waals surface area contributed by atoms with Crippen molar-refractivity contribution in [2.75, 3.05) is 37.6 Å². The van der Waals surface area contributed by atoms with Gasteiger partial charge in [-0.1, -0.05) is 37.3 Å². The second kappa shape index (κ2) is 10.8. The summed E-state index contributed by atoms with van der Waals surface area (Å²) in [5, 5.41) is 0. The Morgan fingerprint density at radius 2 is 1.61 bits per heavy atom. The van der Waals surface area contributed by atoms with Gasteiger partial charge in [-0.15, -0.1) is 11.8 Å². The van der Waals surface area contributed by atoms with Gasteiger partial charge in [-0.3, -0.25) is 4.79 Å². The average molecular weight is 502 g/mol. The van der Waals surface area contributed by atoms with Gasteiger partial charge in [0.25, 0.3) is 0 Å². The van der Waals surface area contributed by atoms with Gasteiger partial charge in [-0.05, 0) is 36.2 Å². The molecule has 1 aliphatic rings. The monoisotopic (exact) mass is 501 g/mol. The highest BCUT2D eigenvalue weighted by molar-refractivity contribution is 7.98. The van der Waals surface area contributed by atoms with Gasteiger partial charge in [0, 0.05) is 49.1 Å². The lowest BCUT2D eigenvalue weighted by atomic mass is 10.2. The smallest absolute Gasteiger partial charge is 0.369 e. The normalized spacial score (nSPS) is 15.5. The molecule has 11 heteroatoms. The fourth-order valence-corrected chi connectivity index (χ4v) is 5.96. The van der Waals surface area contributed by atoms with E-state index < -0.39 is 28.8 Å². The Morgan fingerprint density at radius 3 is 2.15 bits per heavy atom. The Hall–Kier alpha value is -2.24. The summed E-state index contributed by atoms with van der Waals surface area (Å²) in [6.45, 7) is 1.64. The first-order valence-corrected chi connectivity index (χ1v) is 12.9. The number of rotatable bonds is 8. The summed E-state index contributed by atoms with van der Waals surface area (Å²) in [4.78, 5) is 14.8. The molecule has 1 fully saturated rings. The van der Waals surface area contributed by atoms with Crippen LogP contribution < -0.4 is 4.90 Å². The van der Waals surface area contributed by atoms with E-state index in [4.69, 9.17) is 0 Å². The number of carbonyl (C=O) groups is 1. The molecule has 180 valence electrons. The molecule has 2 aromatic rings. The molecule has 1 saturated heterocycles. The second-order valence-corrected chi connectivity index (χ2v) is 10.4. The van der Waals surface area contributed by atoms with E-state index in [0.29, 0.717) is 13.1 Å². The molecule has 0 aromatic heterocycles. The molecule has 3 rings (SSSR count). The Kier molecular flexibility index (Phi) is 8.30. The summed E-state index contributed by atoms with van der Waals surface area (Å²) in [5.41, 5.74) is 2.14. The highest BCUT2D eigenvalue weighted by Crippen LogP contribution is 2.27. The van der Waals surface area contributed by atoms with Crippen molar-refractivity contribution in [1.29, 1.82) is 0 Å². The summed E-state index contributed by atoms with van der Waals surface area (Å²) >= 11 is 1.71. The molecule has 2 aromatic carbocycles. The van der Waals surface area contributed by atoms with Crippen LogP contribution in [0.2, 0.25) is 0 Å². The van der Waals surface area contributed by atoms with E-state index in [-0.39, 0.29) is 23.8 Å². The van der Waals surface area contributed by atoms with Crippen LogP contribution in [0.1, 0.15) is 18.9 Å². The van der Waals surface area contributed by atoms with Crippen molar-refractivity contribution in [3.8, 4) is 0 Å². The number of alkyl halides is 3. The number of hydrogen-bond donors (Lipinski definition) is 0. The molecular formula is C22H26F3N3O3S2. The van der Waals surface area contributed by atoms with E-state index in [9.17, 15) is 26.4 Å². The zero-order chi connectivity index (χ0) is 24.1. The topological polar surface area (TPSA) is 60.9 Å². The van der Waals surface area contributed by atoms with Crippen molar-refractivity contribution in [2.24, 2.45) is 0 Å². The van der Waals surface area contributed by atoms with E-state index in [1.165, 1.54) is 12.5 Å². The third kappa shape index (κ3) is 6.42. The van der Waals surface area contributed by atoms with E-state index in [0.717, 1.165) is 20.6 Å². The molecule has 1 heterocycles. The highest BCUT2D eigenvalue weighted by atomic mass is 32.2. The number of carbonyl (C=O) groups excluding carboxylic acids is 1. The summed E-state index contributed by atoms with van der Waals surface area (Å²) in [5.74, 6) is -1.50. The molecule has 1 amide bonds. The van der Waals surface area contributed by atoms with Gasteiger partial charge in [-0.25, -0.2) is 4.31 Å². The molecular weight excluding hydrogens is 475 g/mol. The maximum absolute atomic E-state index is 12.9. The molecule has 0 atom stereocenters. The van der Waals surface area contributed by atoms with Gasteiger partial charge in [0.05, 0.1) is 0 Å². The van der Waals surface area contributed by atoms with Gasteiger partial charge in [0.2, 0.25) is 0 Å². The maximum Gasteiger partial charge on any atom is 0.472 e. The van der Waals surface area contributed by atoms with Gasteiger partial charge in [0.1, 0.15) is 0 Å². The first-order chi connectivity index (χ1) is 15.6. The summed E-state index contributed by atoms with van der Waals surface area (Å²) in [6.07, 6.45) is -5.15. The SMILES string of the molecule is CCCN(C(=O)C(F)(F)F)S(=O)(=O)N1CCN(c2ccc(SCc3ccccc3)cc2)CC1. The van der Waals surface area contributed by atoms with Crippen LogP contribution in [0.5, 0.6) is 0 Å². The third-order valence-corrected chi connectivity index (χ3v) is 8.20. The Bertz CT molecular complexity index is 1020. The number of nitrogens with zero attached hydrogens (tertiary/aromatic N) is 3. The van der Waals surface area contributed by atoms with E-state index in [2.05, 4.69) is 12.1 Å². The minimum absolute atomic E-state index is 0.00179. The quantitative estimate of drug-likeness (QED) is 0.509. The Morgan fingerprint density at radius 1 is 1.00 bits per heavy atom. The number of amides is 1. The zero-order valence-corrected chi connectivity index (χ0v) is 19.8. The summed E-state index contributed by atoms with van der Waals surface area (Å²) in [7, 11) is -4.55. The number of hydrogen-bond acceptors (Lipinski definition) is 5. The Balaban J connectivity index is 1.59. The van der Waals surface area contributed by atoms with Crippen molar-refractivity contribution < 1.29 is 26.4 Å².